The molecule has 3 saturated carbocycles. The molecular weight excluding hydrogens is 188 g/mol. The SMILES string of the molecule is Cl.NC12CC(C1)C2N1CCOCC1. The van der Waals surface area contributed by atoms with E-state index in [2.05, 4.69) is 4.90 Å². The summed E-state index contributed by atoms with van der Waals surface area (Å²) in [6.45, 7) is 4.00. The van der Waals surface area contributed by atoms with Crippen molar-refractivity contribution in [2.75, 3.05) is 26.3 Å². The zero-order valence-electron chi connectivity index (χ0n) is 7.74. The van der Waals surface area contributed by atoms with Gasteiger partial charge in [-0.3, -0.25) is 4.90 Å². The normalized spacial score (nSPS) is 48.7. The molecule has 1 atom stereocenters. The van der Waals surface area contributed by atoms with E-state index in [4.69, 9.17) is 10.5 Å². The Morgan fingerprint density at radius 2 is 1.85 bits per heavy atom. The molecule has 1 saturated heterocycles. The summed E-state index contributed by atoms with van der Waals surface area (Å²) in [7, 11) is 0. The maximum Gasteiger partial charge on any atom is 0.0594 e. The highest BCUT2D eigenvalue weighted by molar-refractivity contribution is 5.85. The number of nitrogens with zero attached hydrogens (tertiary/aromatic N) is 1. The molecule has 2 N–H and O–H groups in total. The average Bonchev–Trinajstić information content (AvgIpc) is 2.02. The van der Waals surface area contributed by atoms with Gasteiger partial charge in [-0.25, -0.2) is 0 Å². The molecular formula is C9H17ClN2O. The third-order valence-electron chi connectivity index (χ3n) is 3.76. The van der Waals surface area contributed by atoms with Crippen molar-refractivity contribution in [3.8, 4) is 0 Å². The van der Waals surface area contributed by atoms with Crippen molar-refractivity contribution in [1.29, 1.82) is 0 Å². The van der Waals surface area contributed by atoms with Gasteiger partial charge in [0.25, 0.3) is 0 Å². The number of rotatable bonds is 1. The molecule has 3 aliphatic carbocycles. The Hall–Kier alpha value is 0.170. The van der Waals surface area contributed by atoms with E-state index in [1.54, 1.807) is 0 Å². The lowest BCUT2D eigenvalue weighted by molar-refractivity contribution is -0.155. The highest BCUT2D eigenvalue weighted by atomic mass is 35.5. The Bertz CT molecular complexity index is 200. The van der Waals surface area contributed by atoms with E-state index in [1.807, 2.05) is 0 Å². The Balaban J connectivity index is 0.000000653. The summed E-state index contributed by atoms with van der Waals surface area (Å²) in [6, 6.07) is 0.710. The topological polar surface area (TPSA) is 38.5 Å². The van der Waals surface area contributed by atoms with E-state index < -0.39 is 0 Å². The first-order chi connectivity index (χ1) is 5.80. The molecule has 0 aromatic heterocycles. The lowest BCUT2D eigenvalue weighted by Gasteiger charge is -2.69. The van der Waals surface area contributed by atoms with Gasteiger partial charge >= 0.3 is 0 Å². The Morgan fingerprint density at radius 1 is 1.23 bits per heavy atom. The van der Waals surface area contributed by atoms with E-state index in [0.717, 1.165) is 32.2 Å². The summed E-state index contributed by atoms with van der Waals surface area (Å²) in [4.78, 5) is 2.53. The number of hydrogen-bond donors (Lipinski definition) is 1. The second kappa shape index (κ2) is 3.09. The van der Waals surface area contributed by atoms with E-state index >= 15 is 0 Å². The Labute approximate surface area is 85.0 Å². The molecule has 1 unspecified atom stereocenters. The standard InChI is InChI=1S/C9H16N2O.ClH/c10-9-5-7(6-9)8(9)11-1-3-12-4-2-11;/h7-8H,1-6,10H2;1H. The predicted octanol–water partition coefficient (Wildman–Crippen LogP) is 0.230. The van der Waals surface area contributed by atoms with Gasteiger partial charge in [0, 0.05) is 24.7 Å². The van der Waals surface area contributed by atoms with Crippen LogP contribution in [-0.4, -0.2) is 42.8 Å². The molecule has 2 bridgehead atoms. The van der Waals surface area contributed by atoms with Crippen LogP contribution in [0.25, 0.3) is 0 Å². The monoisotopic (exact) mass is 204 g/mol. The van der Waals surface area contributed by atoms with Crippen LogP contribution in [0.1, 0.15) is 12.8 Å². The number of hydrogen-bond acceptors (Lipinski definition) is 3. The van der Waals surface area contributed by atoms with Crippen LogP contribution in [-0.2, 0) is 4.74 Å². The second-order valence-electron chi connectivity index (χ2n) is 4.49. The van der Waals surface area contributed by atoms with Gasteiger partial charge in [0.1, 0.15) is 0 Å². The predicted molar refractivity (Wildman–Crippen MR) is 53.1 cm³/mol. The van der Waals surface area contributed by atoms with Crippen LogP contribution >= 0.6 is 12.4 Å². The molecule has 4 heteroatoms. The van der Waals surface area contributed by atoms with Gasteiger partial charge in [-0.15, -0.1) is 12.4 Å². The number of morpholine rings is 1. The molecule has 4 aliphatic rings. The summed E-state index contributed by atoms with van der Waals surface area (Å²) in [6.07, 6.45) is 2.55. The molecule has 13 heavy (non-hydrogen) atoms. The number of halogens is 1. The van der Waals surface area contributed by atoms with Crippen LogP contribution in [0.2, 0.25) is 0 Å². The lowest BCUT2D eigenvalue weighted by atomic mass is 9.46. The largest absolute Gasteiger partial charge is 0.379 e. The van der Waals surface area contributed by atoms with Gasteiger partial charge in [-0.05, 0) is 18.8 Å². The average molecular weight is 205 g/mol. The Morgan fingerprint density at radius 3 is 2.23 bits per heavy atom. The summed E-state index contributed by atoms with van der Waals surface area (Å²) in [5.41, 5.74) is 6.39. The molecule has 4 fully saturated rings. The molecule has 4 rings (SSSR count). The third kappa shape index (κ3) is 1.22. The highest BCUT2D eigenvalue weighted by Crippen LogP contribution is 2.57. The molecule has 0 aromatic rings. The lowest BCUT2D eigenvalue weighted by Crippen LogP contribution is -2.81. The van der Waals surface area contributed by atoms with Crippen molar-refractivity contribution in [3.63, 3.8) is 0 Å². The van der Waals surface area contributed by atoms with Gasteiger partial charge in [-0.2, -0.15) is 0 Å². The molecule has 1 aliphatic heterocycles. The fourth-order valence-corrected chi connectivity index (χ4v) is 3.05. The second-order valence-corrected chi connectivity index (χ2v) is 4.49. The minimum Gasteiger partial charge on any atom is -0.379 e. The van der Waals surface area contributed by atoms with Crippen LogP contribution in [0.3, 0.4) is 0 Å². The van der Waals surface area contributed by atoms with Gasteiger partial charge < -0.3 is 10.5 Å². The molecule has 0 spiro atoms. The van der Waals surface area contributed by atoms with E-state index in [0.29, 0.717) is 6.04 Å². The summed E-state index contributed by atoms with van der Waals surface area (Å²) < 4.78 is 5.32. The van der Waals surface area contributed by atoms with Gasteiger partial charge in [0.15, 0.2) is 0 Å². The zero-order chi connectivity index (χ0) is 8.18. The first-order valence-electron chi connectivity index (χ1n) is 4.90. The molecule has 0 aromatic carbocycles. The first kappa shape index (κ1) is 9.71. The summed E-state index contributed by atoms with van der Waals surface area (Å²) in [5.74, 6) is 0.924. The molecule has 0 amide bonds. The van der Waals surface area contributed by atoms with Crippen molar-refractivity contribution in [1.82, 2.24) is 4.90 Å². The van der Waals surface area contributed by atoms with E-state index in [-0.39, 0.29) is 17.9 Å². The van der Waals surface area contributed by atoms with Crippen molar-refractivity contribution in [3.05, 3.63) is 0 Å². The number of ether oxygens (including phenoxy) is 1. The highest BCUT2D eigenvalue weighted by Gasteiger charge is 2.64. The van der Waals surface area contributed by atoms with Crippen molar-refractivity contribution >= 4 is 12.4 Å². The van der Waals surface area contributed by atoms with E-state index in [1.165, 1.54) is 12.8 Å². The smallest absolute Gasteiger partial charge is 0.0594 e. The quantitative estimate of drug-likeness (QED) is 0.665. The van der Waals surface area contributed by atoms with Crippen molar-refractivity contribution < 1.29 is 4.74 Å². The Kier molecular flexibility index (Phi) is 2.31. The fourth-order valence-electron chi connectivity index (χ4n) is 3.05. The van der Waals surface area contributed by atoms with Crippen molar-refractivity contribution in [2.45, 2.75) is 24.4 Å². The van der Waals surface area contributed by atoms with Gasteiger partial charge in [-0.1, -0.05) is 0 Å². The third-order valence-corrected chi connectivity index (χ3v) is 3.76. The van der Waals surface area contributed by atoms with Gasteiger partial charge in [0.2, 0.25) is 0 Å². The number of nitrogens with two attached hydrogens (primary N) is 1. The fraction of sp³-hybridized carbons (Fsp3) is 1.00. The molecule has 3 nitrogen and oxygen atoms in total. The molecule has 0 radical (unpaired) electrons. The minimum atomic E-state index is 0. The van der Waals surface area contributed by atoms with Crippen LogP contribution in [0, 0.1) is 5.92 Å². The minimum absolute atomic E-state index is 0. The van der Waals surface area contributed by atoms with Crippen LogP contribution in [0.5, 0.6) is 0 Å². The molecule has 1 heterocycles. The van der Waals surface area contributed by atoms with Gasteiger partial charge in [0.05, 0.1) is 13.2 Å². The maximum absolute atomic E-state index is 6.18. The van der Waals surface area contributed by atoms with Crippen molar-refractivity contribution in [2.24, 2.45) is 11.7 Å². The molecule has 76 valence electrons. The van der Waals surface area contributed by atoms with E-state index in [9.17, 15) is 0 Å². The zero-order valence-corrected chi connectivity index (χ0v) is 8.55. The first-order valence-corrected chi connectivity index (χ1v) is 4.90. The summed E-state index contributed by atoms with van der Waals surface area (Å²) >= 11 is 0. The van der Waals surface area contributed by atoms with Crippen LogP contribution in [0.15, 0.2) is 0 Å². The van der Waals surface area contributed by atoms with Crippen LogP contribution < -0.4 is 5.73 Å². The summed E-state index contributed by atoms with van der Waals surface area (Å²) in [5, 5.41) is 0. The maximum atomic E-state index is 6.18. The van der Waals surface area contributed by atoms with Crippen LogP contribution in [0.4, 0.5) is 0 Å².